The van der Waals surface area contributed by atoms with E-state index in [-0.39, 0.29) is 0 Å². The first-order valence-electron chi connectivity index (χ1n) is 3.82. The lowest BCUT2D eigenvalue weighted by Gasteiger charge is -2.12. The molecule has 1 aliphatic heterocycles. The van der Waals surface area contributed by atoms with Crippen LogP contribution in [0, 0.1) is 0 Å². The molecule has 11 heavy (non-hydrogen) atoms. The van der Waals surface area contributed by atoms with Crippen LogP contribution in [-0.4, -0.2) is 12.3 Å². The van der Waals surface area contributed by atoms with Crippen molar-refractivity contribution in [3.05, 3.63) is 28.5 Å². The summed E-state index contributed by atoms with van der Waals surface area (Å²) in [5.41, 5.74) is 2.51. The number of aryl methyl sites for hydroxylation is 1. The molecule has 0 spiro atoms. The Morgan fingerprint density at radius 2 is 2.36 bits per heavy atom. The Bertz CT molecular complexity index is 275. The van der Waals surface area contributed by atoms with Gasteiger partial charge in [0, 0.05) is 5.69 Å². The Balaban J connectivity index is 2.43. The van der Waals surface area contributed by atoms with Crippen molar-refractivity contribution in [3.8, 4) is 0 Å². The van der Waals surface area contributed by atoms with Crippen molar-refractivity contribution >= 4 is 18.9 Å². The van der Waals surface area contributed by atoms with Crippen LogP contribution in [0.15, 0.2) is 12.1 Å². The highest BCUT2D eigenvalue weighted by Crippen LogP contribution is 2.17. The van der Waals surface area contributed by atoms with Gasteiger partial charge in [0.05, 0.1) is 0 Å². The molecule has 2 heterocycles. The predicted molar refractivity (Wildman–Crippen MR) is 47.2 cm³/mol. The maximum absolute atomic E-state index is 5.76. The third-order valence-electron chi connectivity index (χ3n) is 1.98. The van der Waals surface area contributed by atoms with Crippen molar-refractivity contribution in [2.24, 2.45) is 0 Å². The van der Waals surface area contributed by atoms with E-state index in [9.17, 15) is 0 Å². The Morgan fingerprint density at radius 1 is 1.45 bits per heavy atom. The molecule has 0 unspecified atom stereocenters. The SMILES string of the molecule is Clc1ccc2c(n1)CC[B]C2. The number of halogens is 1. The number of hydrogen-bond acceptors (Lipinski definition) is 1. The zero-order chi connectivity index (χ0) is 7.68. The molecule has 3 heteroatoms. The van der Waals surface area contributed by atoms with Crippen LogP contribution >= 0.6 is 11.6 Å². The van der Waals surface area contributed by atoms with E-state index in [2.05, 4.69) is 18.3 Å². The average Bonchev–Trinajstić information content (AvgIpc) is 2.04. The molecule has 0 aromatic carbocycles. The molecule has 0 saturated carbocycles. The second-order valence-electron chi connectivity index (χ2n) is 2.77. The number of hydrogen-bond donors (Lipinski definition) is 0. The van der Waals surface area contributed by atoms with Crippen molar-refractivity contribution in [1.82, 2.24) is 4.98 Å². The van der Waals surface area contributed by atoms with Gasteiger partial charge in [0.1, 0.15) is 12.4 Å². The van der Waals surface area contributed by atoms with Crippen molar-refractivity contribution in [1.29, 1.82) is 0 Å². The third kappa shape index (κ3) is 1.41. The van der Waals surface area contributed by atoms with Crippen molar-refractivity contribution in [3.63, 3.8) is 0 Å². The van der Waals surface area contributed by atoms with E-state index in [1.165, 1.54) is 11.3 Å². The van der Waals surface area contributed by atoms with Crippen molar-refractivity contribution in [2.75, 3.05) is 0 Å². The smallest absolute Gasteiger partial charge is 0.129 e. The van der Waals surface area contributed by atoms with Gasteiger partial charge in [-0.05, 0) is 18.1 Å². The first-order chi connectivity index (χ1) is 5.36. The van der Waals surface area contributed by atoms with Gasteiger partial charge in [-0.1, -0.05) is 30.3 Å². The molecule has 2 rings (SSSR count). The second kappa shape index (κ2) is 2.86. The summed E-state index contributed by atoms with van der Waals surface area (Å²) in [6.07, 6.45) is 3.25. The fraction of sp³-hybridized carbons (Fsp3) is 0.375. The van der Waals surface area contributed by atoms with Crippen LogP contribution in [0.4, 0.5) is 0 Å². The first-order valence-corrected chi connectivity index (χ1v) is 4.20. The Labute approximate surface area is 72.0 Å². The maximum atomic E-state index is 5.76. The molecular formula is C8H8BClN. The molecule has 1 radical (unpaired) electrons. The maximum Gasteiger partial charge on any atom is 0.129 e. The van der Waals surface area contributed by atoms with E-state index in [1.807, 2.05) is 6.07 Å². The Hall–Kier alpha value is -0.495. The minimum atomic E-state index is 0.616. The summed E-state index contributed by atoms with van der Waals surface area (Å²) < 4.78 is 0. The van der Waals surface area contributed by atoms with E-state index in [1.54, 1.807) is 0 Å². The monoisotopic (exact) mass is 164 g/mol. The Morgan fingerprint density at radius 3 is 3.27 bits per heavy atom. The molecule has 0 saturated heterocycles. The predicted octanol–water partition coefficient (Wildman–Crippen LogP) is 1.91. The van der Waals surface area contributed by atoms with Crippen LogP contribution in [-0.2, 0) is 12.7 Å². The lowest BCUT2D eigenvalue weighted by atomic mass is 9.63. The van der Waals surface area contributed by atoms with E-state index in [0.717, 1.165) is 19.1 Å². The van der Waals surface area contributed by atoms with Gasteiger partial charge in [-0.25, -0.2) is 4.98 Å². The normalized spacial score (nSPS) is 15.4. The van der Waals surface area contributed by atoms with Gasteiger partial charge in [0.25, 0.3) is 0 Å². The summed E-state index contributed by atoms with van der Waals surface area (Å²) in [4.78, 5) is 4.26. The molecule has 0 aliphatic carbocycles. The fourth-order valence-electron chi connectivity index (χ4n) is 1.40. The van der Waals surface area contributed by atoms with Crippen LogP contribution in [0.5, 0.6) is 0 Å². The van der Waals surface area contributed by atoms with Crippen LogP contribution in [0.3, 0.4) is 0 Å². The minimum absolute atomic E-state index is 0.616. The molecule has 0 N–H and O–H groups in total. The number of nitrogens with zero attached hydrogens (tertiary/aromatic N) is 1. The van der Waals surface area contributed by atoms with E-state index < -0.39 is 0 Å². The van der Waals surface area contributed by atoms with Gasteiger partial charge in [0.2, 0.25) is 0 Å². The highest BCUT2D eigenvalue weighted by Gasteiger charge is 2.10. The van der Waals surface area contributed by atoms with Crippen LogP contribution in [0.1, 0.15) is 11.3 Å². The lowest BCUT2D eigenvalue weighted by Crippen LogP contribution is -2.10. The molecule has 1 aromatic rings. The molecular weight excluding hydrogens is 156 g/mol. The largest absolute Gasteiger partial charge is 0.241 e. The molecule has 1 nitrogen and oxygen atoms in total. The highest BCUT2D eigenvalue weighted by atomic mass is 35.5. The van der Waals surface area contributed by atoms with Crippen LogP contribution in [0.2, 0.25) is 11.5 Å². The molecule has 0 bridgehead atoms. The molecule has 55 valence electrons. The second-order valence-corrected chi connectivity index (χ2v) is 3.16. The van der Waals surface area contributed by atoms with Gasteiger partial charge >= 0.3 is 0 Å². The summed E-state index contributed by atoms with van der Waals surface area (Å²) in [5, 5.41) is 0.616. The summed E-state index contributed by atoms with van der Waals surface area (Å²) in [7, 11) is 2.29. The average molecular weight is 164 g/mol. The molecule has 1 aliphatic rings. The number of pyridine rings is 1. The quantitative estimate of drug-likeness (QED) is 0.422. The topological polar surface area (TPSA) is 12.9 Å². The van der Waals surface area contributed by atoms with Gasteiger partial charge in [-0.3, -0.25) is 0 Å². The zero-order valence-electron chi connectivity index (χ0n) is 6.18. The molecule has 0 amide bonds. The summed E-state index contributed by atoms with van der Waals surface area (Å²) >= 11 is 5.76. The fourth-order valence-corrected chi connectivity index (χ4v) is 1.57. The van der Waals surface area contributed by atoms with Gasteiger partial charge < -0.3 is 0 Å². The molecule has 0 atom stereocenters. The third-order valence-corrected chi connectivity index (χ3v) is 2.19. The lowest BCUT2D eigenvalue weighted by molar-refractivity contribution is 0.960. The number of fused-ring (bicyclic) bond motifs is 1. The number of rotatable bonds is 0. The standard InChI is InChI=1S/C8H8BClN/c10-8-2-1-6-5-9-4-3-7(6)11-8/h1-2H,3-5H2. The van der Waals surface area contributed by atoms with E-state index >= 15 is 0 Å². The van der Waals surface area contributed by atoms with Crippen molar-refractivity contribution in [2.45, 2.75) is 19.1 Å². The van der Waals surface area contributed by atoms with Gasteiger partial charge in [0.15, 0.2) is 0 Å². The summed E-state index contributed by atoms with van der Waals surface area (Å²) in [6, 6.07) is 3.93. The number of aromatic nitrogens is 1. The first kappa shape index (κ1) is 7.17. The highest BCUT2D eigenvalue weighted by molar-refractivity contribution is 6.35. The minimum Gasteiger partial charge on any atom is -0.241 e. The van der Waals surface area contributed by atoms with Crippen LogP contribution in [0.25, 0.3) is 0 Å². The molecule has 1 aromatic heterocycles. The Kier molecular flexibility index (Phi) is 1.86. The molecule has 0 fully saturated rings. The zero-order valence-corrected chi connectivity index (χ0v) is 6.93. The van der Waals surface area contributed by atoms with Crippen molar-refractivity contribution < 1.29 is 0 Å². The van der Waals surface area contributed by atoms with Gasteiger partial charge in [-0.2, -0.15) is 0 Å². The van der Waals surface area contributed by atoms with Crippen LogP contribution < -0.4 is 0 Å². The summed E-state index contributed by atoms with van der Waals surface area (Å²) in [5.74, 6) is 0. The summed E-state index contributed by atoms with van der Waals surface area (Å²) in [6.45, 7) is 0. The van der Waals surface area contributed by atoms with Gasteiger partial charge in [-0.15, -0.1) is 0 Å². The van der Waals surface area contributed by atoms with E-state index in [4.69, 9.17) is 11.6 Å². The van der Waals surface area contributed by atoms with E-state index in [0.29, 0.717) is 5.15 Å².